The molecule has 0 aliphatic carbocycles. The van der Waals surface area contributed by atoms with Crippen molar-refractivity contribution in [1.82, 2.24) is 4.90 Å². The van der Waals surface area contributed by atoms with E-state index in [1.54, 1.807) is 12.1 Å². The summed E-state index contributed by atoms with van der Waals surface area (Å²) in [6.07, 6.45) is 0.887. The molecule has 1 atom stereocenters. The first kappa shape index (κ1) is 15.1. The summed E-state index contributed by atoms with van der Waals surface area (Å²) in [5, 5.41) is 0. The van der Waals surface area contributed by atoms with Gasteiger partial charge in [0.1, 0.15) is 5.82 Å². The van der Waals surface area contributed by atoms with E-state index < -0.39 is 0 Å². The van der Waals surface area contributed by atoms with Gasteiger partial charge in [-0.05, 0) is 43.1 Å². The molecule has 0 saturated heterocycles. The summed E-state index contributed by atoms with van der Waals surface area (Å²) in [5.74, 6) is -0.212. The van der Waals surface area contributed by atoms with Crippen LogP contribution in [0, 0.1) is 11.2 Å². The first-order valence-corrected chi connectivity index (χ1v) is 6.47. The molecule has 0 amide bonds. The van der Waals surface area contributed by atoms with Crippen LogP contribution in [0.5, 0.6) is 0 Å². The van der Waals surface area contributed by atoms with Crippen LogP contribution in [0.15, 0.2) is 24.3 Å². The summed E-state index contributed by atoms with van der Waals surface area (Å²) in [4.78, 5) is 2.30. The molecular formula is C15H25FN2. The van der Waals surface area contributed by atoms with Crippen molar-refractivity contribution in [2.24, 2.45) is 11.1 Å². The Morgan fingerprint density at radius 3 is 2.28 bits per heavy atom. The average molecular weight is 252 g/mol. The maximum absolute atomic E-state index is 12.8. The number of benzene rings is 1. The standard InChI is InChI=1S/C15H25FN2/c1-15(2,3)11-18(4)10-9-14(17)12-5-7-13(16)8-6-12/h5-8,14H,9-11,17H2,1-4H3. The highest BCUT2D eigenvalue weighted by atomic mass is 19.1. The summed E-state index contributed by atoms with van der Waals surface area (Å²) >= 11 is 0. The normalized spacial score (nSPS) is 13.9. The second-order valence-corrected chi connectivity index (χ2v) is 6.25. The van der Waals surface area contributed by atoms with Crippen LogP contribution in [0.2, 0.25) is 0 Å². The van der Waals surface area contributed by atoms with Crippen molar-refractivity contribution in [2.75, 3.05) is 20.1 Å². The maximum atomic E-state index is 12.8. The second kappa shape index (κ2) is 6.30. The van der Waals surface area contributed by atoms with Crippen molar-refractivity contribution >= 4 is 0 Å². The molecule has 1 aromatic carbocycles. The Labute approximate surface area is 110 Å². The van der Waals surface area contributed by atoms with Gasteiger partial charge in [-0.3, -0.25) is 0 Å². The van der Waals surface area contributed by atoms with E-state index in [0.29, 0.717) is 5.41 Å². The van der Waals surface area contributed by atoms with Gasteiger partial charge in [-0.2, -0.15) is 0 Å². The Kier molecular flexibility index (Phi) is 5.29. The van der Waals surface area contributed by atoms with E-state index in [4.69, 9.17) is 5.73 Å². The molecule has 0 bridgehead atoms. The zero-order chi connectivity index (χ0) is 13.8. The molecule has 0 radical (unpaired) electrons. The average Bonchev–Trinajstić information content (AvgIpc) is 2.24. The van der Waals surface area contributed by atoms with Crippen molar-refractivity contribution in [3.63, 3.8) is 0 Å². The number of nitrogens with zero attached hydrogens (tertiary/aromatic N) is 1. The smallest absolute Gasteiger partial charge is 0.123 e. The molecule has 2 N–H and O–H groups in total. The lowest BCUT2D eigenvalue weighted by molar-refractivity contribution is 0.221. The van der Waals surface area contributed by atoms with Crippen molar-refractivity contribution in [1.29, 1.82) is 0 Å². The summed E-state index contributed by atoms with van der Waals surface area (Å²) in [6, 6.07) is 6.45. The van der Waals surface area contributed by atoms with Crippen LogP contribution >= 0.6 is 0 Å². The lowest BCUT2D eigenvalue weighted by atomic mass is 9.96. The third kappa shape index (κ3) is 5.61. The minimum atomic E-state index is -0.212. The van der Waals surface area contributed by atoms with Crippen molar-refractivity contribution in [3.05, 3.63) is 35.6 Å². The minimum absolute atomic E-state index is 0.0204. The monoisotopic (exact) mass is 252 g/mol. The number of rotatable bonds is 5. The molecule has 0 aliphatic heterocycles. The molecule has 1 aromatic rings. The second-order valence-electron chi connectivity index (χ2n) is 6.25. The zero-order valence-electron chi connectivity index (χ0n) is 11.9. The first-order valence-electron chi connectivity index (χ1n) is 6.47. The van der Waals surface area contributed by atoms with Crippen molar-refractivity contribution < 1.29 is 4.39 Å². The van der Waals surface area contributed by atoms with Gasteiger partial charge in [-0.15, -0.1) is 0 Å². The van der Waals surface area contributed by atoms with Crippen molar-refractivity contribution in [3.8, 4) is 0 Å². The summed E-state index contributed by atoms with van der Waals surface area (Å²) in [5.41, 5.74) is 7.41. The topological polar surface area (TPSA) is 29.3 Å². The molecule has 0 aliphatic rings. The van der Waals surface area contributed by atoms with Crippen LogP contribution in [-0.4, -0.2) is 25.0 Å². The molecular weight excluding hydrogens is 227 g/mol. The van der Waals surface area contributed by atoms with Gasteiger partial charge in [-0.1, -0.05) is 32.9 Å². The molecule has 0 heterocycles. The molecule has 0 saturated carbocycles. The Balaban J connectivity index is 2.41. The molecule has 0 aromatic heterocycles. The van der Waals surface area contributed by atoms with Gasteiger partial charge >= 0.3 is 0 Å². The lowest BCUT2D eigenvalue weighted by Crippen LogP contribution is -2.31. The molecule has 102 valence electrons. The molecule has 0 spiro atoms. The van der Waals surface area contributed by atoms with E-state index in [1.165, 1.54) is 12.1 Å². The molecule has 1 unspecified atom stereocenters. The SMILES string of the molecule is CN(CCC(N)c1ccc(F)cc1)CC(C)(C)C. The van der Waals surface area contributed by atoms with Gasteiger partial charge in [0.15, 0.2) is 0 Å². The van der Waals surface area contributed by atoms with Gasteiger partial charge in [0, 0.05) is 12.6 Å². The fourth-order valence-electron chi connectivity index (χ4n) is 2.12. The highest BCUT2D eigenvalue weighted by Gasteiger charge is 2.14. The highest BCUT2D eigenvalue weighted by molar-refractivity contribution is 5.19. The van der Waals surface area contributed by atoms with E-state index in [1.807, 2.05) is 0 Å². The van der Waals surface area contributed by atoms with Crippen LogP contribution in [0.3, 0.4) is 0 Å². The third-order valence-electron chi connectivity index (χ3n) is 2.86. The Hall–Kier alpha value is -0.930. The van der Waals surface area contributed by atoms with Gasteiger partial charge in [0.25, 0.3) is 0 Å². The highest BCUT2D eigenvalue weighted by Crippen LogP contribution is 2.17. The van der Waals surface area contributed by atoms with Crippen LogP contribution in [0.4, 0.5) is 4.39 Å². The number of hydrogen-bond acceptors (Lipinski definition) is 2. The quantitative estimate of drug-likeness (QED) is 0.872. The predicted molar refractivity (Wildman–Crippen MR) is 74.9 cm³/mol. The van der Waals surface area contributed by atoms with Gasteiger partial charge < -0.3 is 10.6 Å². The first-order chi connectivity index (χ1) is 8.28. The zero-order valence-corrected chi connectivity index (χ0v) is 11.9. The number of nitrogens with two attached hydrogens (primary N) is 1. The van der Waals surface area contributed by atoms with E-state index in [2.05, 4.69) is 32.7 Å². The molecule has 1 rings (SSSR count). The lowest BCUT2D eigenvalue weighted by Gasteiger charge is -2.27. The van der Waals surface area contributed by atoms with Gasteiger partial charge in [0.05, 0.1) is 0 Å². The largest absolute Gasteiger partial charge is 0.324 e. The fraction of sp³-hybridized carbons (Fsp3) is 0.600. The van der Waals surface area contributed by atoms with E-state index in [-0.39, 0.29) is 11.9 Å². The number of halogens is 1. The molecule has 18 heavy (non-hydrogen) atoms. The number of hydrogen-bond donors (Lipinski definition) is 1. The summed E-state index contributed by atoms with van der Waals surface area (Å²) < 4.78 is 12.8. The Morgan fingerprint density at radius 2 is 1.78 bits per heavy atom. The molecule has 2 nitrogen and oxygen atoms in total. The van der Waals surface area contributed by atoms with Gasteiger partial charge in [-0.25, -0.2) is 4.39 Å². The summed E-state index contributed by atoms with van der Waals surface area (Å²) in [7, 11) is 2.11. The maximum Gasteiger partial charge on any atom is 0.123 e. The third-order valence-corrected chi connectivity index (χ3v) is 2.86. The molecule has 3 heteroatoms. The summed E-state index contributed by atoms with van der Waals surface area (Å²) in [6.45, 7) is 8.68. The van der Waals surface area contributed by atoms with Crippen LogP contribution in [-0.2, 0) is 0 Å². The van der Waals surface area contributed by atoms with Gasteiger partial charge in [0.2, 0.25) is 0 Å². The van der Waals surface area contributed by atoms with E-state index >= 15 is 0 Å². The fourth-order valence-corrected chi connectivity index (χ4v) is 2.12. The predicted octanol–water partition coefficient (Wildman–Crippen LogP) is 3.19. The molecule has 0 fully saturated rings. The minimum Gasteiger partial charge on any atom is -0.324 e. The van der Waals surface area contributed by atoms with E-state index in [9.17, 15) is 4.39 Å². The Morgan fingerprint density at radius 1 is 1.22 bits per heavy atom. The van der Waals surface area contributed by atoms with Crippen LogP contribution in [0.1, 0.15) is 38.8 Å². The van der Waals surface area contributed by atoms with Crippen molar-refractivity contribution in [2.45, 2.75) is 33.2 Å². The van der Waals surface area contributed by atoms with Crippen LogP contribution in [0.25, 0.3) is 0 Å². The van der Waals surface area contributed by atoms with E-state index in [0.717, 1.165) is 25.1 Å². The van der Waals surface area contributed by atoms with Crippen LogP contribution < -0.4 is 5.73 Å². The Bertz CT molecular complexity index is 354.